The number of nitrogens with one attached hydrogen (secondary N) is 1. The minimum Gasteiger partial charge on any atom is -0.495 e. The largest absolute Gasteiger partial charge is 0.495 e. The molecule has 0 atom stereocenters. The summed E-state index contributed by atoms with van der Waals surface area (Å²) in [5, 5.41) is 2.35. The summed E-state index contributed by atoms with van der Waals surface area (Å²) >= 11 is 0. The van der Waals surface area contributed by atoms with Crippen molar-refractivity contribution in [2.45, 2.75) is 64.0 Å². The van der Waals surface area contributed by atoms with Gasteiger partial charge in [-0.15, -0.1) is 0 Å². The van der Waals surface area contributed by atoms with Crippen molar-refractivity contribution in [2.75, 3.05) is 12.4 Å². The Balaban J connectivity index is 3.20. The van der Waals surface area contributed by atoms with Crippen LogP contribution in [0.15, 0.2) is 23.1 Å². The zero-order chi connectivity index (χ0) is 18.5. The maximum Gasteiger partial charge on any atom is 0.224 e. The van der Waals surface area contributed by atoms with Gasteiger partial charge in [-0.1, -0.05) is 34.6 Å². The average molecular weight is 356 g/mol. The Bertz CT molecular complexity index is 671. The van der Waals surface area contributed by atoms with E-state index in [-0.39, 0.29) is 16.2 Å². The van der Waals surface area contributed by atoms with Crippen LogP contribution in [-0.2, 0) is 14.6 Å². The van der Waals surface area contributed by atoms with E-state index in [1.54, 1.807) is 6.07 Å². The fourth-order valence-electron chi connectivity index (χ4n) is 2.56. The molecule has 0 saturated carbocycles. The molecule has 24 heavy (non-hydrogen) atoms. The van der Waals surface area contributed by atoms with E-state index in [4.69, 9.17) is 4.74 Å². The zero-order valence-electron chi connectivity index (χ0n) is 15.5. The normalized spacial score (nSPS) is 12.3. The Labute approximate surface area is 145 Å². The second kappa shape index (κ2) is 8.01. The number of amides is 1. The van der Waals surface area contributed by atoms with E-state index in [9.17, 15) is 13.2 Å². The SMILES string of the molecule is CCC(CC)S(=O)(=O)c1ccc(OC)c(NC(=O)CC(C)(C)C)c1. The van der Waals surface area contributed by atoms with Gasteiger partial charge in [-0.05, 0) is 36.5 Å². The second-order valence-corrected chi connectivity index (χ2v) is 9.36. The molecular formula is C18H29NO4S. The van der Waals surface area contributed by atoms with Gasteiger partial charge in [0, 0.05) is 6.42 Å². The first kappa shape index (κ1) is 20.5. The van der Waals surface area contributed by atoms with Crippen LogP contribution < -0.4 is 10.1 Å². The van der Waals surface area contributed by atoms with Crippen molar-refractivity contribution in [1.82, 2.24) is 0 Å². The van der Waals surface area contributed by atoms with Gasteiger partial charge in [0.1, 0.15) is 5.75 Å². The molecule has 0 aliphatic carbocycles. The predicted octanol–water partition coefficient (Wildman–Crippen LogP) is 4.03. The number of carbonyl (C=O) groups is 1. The minimum absolute atomic E-state index is 0.156. The molecule has 1 aromatic rings. The topological polar surface area (TPSA) is 72.5 Å². The molecule has 0 bridgehead atoms. The van der Waals surface area contributed by atoms with Gasteiger partial charge in [-0.3, -0.25) is 4.79 Å². The summed E-state index contributed by atoms with van der Waals surface area (Å²) in [7, 11) is -1.94. The summed E-state index contributed by atoms with van der Waals surface area (Å²) in [6.45, 7) is 9.63. The van der Waals surface area contributed by atoms with Gasteiger partial charge in [0.05, 0.1) is 22.9 Å². The van der Waals surface area contributed by atoms with Gasteiger partial charge in [-0.25, -0.2) is 8.42 Å². The quantitative estimate of drug-likeness (QED) is 0.801. The molecule has 1 aromatic carbocycles. The van der Waals surface area contributed by atoms with Crippen LogP contribution in [0, 0.1) is 5.41 Å². The van der Waals surface area contributed by atoms with Crippen LogP contribution >= 0.6 is 0 Å². The van der Waals surface area contributed by atoms with Gasteiger partial charge in [0.2, 0.25) is 5.91 Å². The molecule has 0 spiro atoms. The molecule has 5 nitrogen and oxygen atoms in total. The number of carbonyl (C=O) groups excluding carboxylic acids is 1. The maximum atomic E-state index is 12.7. The van der Waals surface area contributed by atoms with Gasteiger partial charge in [-0.2, -0.15) is 0 Å². The standard InChI is InChI=1S/C18H29NO4S/c1-7-13(8-2)24(21,22)14-9-10-16(23-6)15(11-14)19-17(20)12-18(3,4)5/h9-11,13H,7-8,12H2,1-6H3,(H,19,20). The summed E-state index contributed by atoms with van der Waals surface area (Å²) < 4.78 is 30.7. The lowest BCUT2D eigenvalue weighted by Crippen LogP contribution is -2.22. The highest BCUT2D eigenvalue weighted by molar-refractivity contribution is 7.92. The van der Waals surface area contributed by atoms with Crippen molar-refractivity contribution in [3.05, 3.63) is 18.2 Å². The lowest BCUT2D eigenvalue weighted by molar-refractivity contribution is -0.117. The Morgan fingerprint density at radius 2 is 1.79 bits per heavy atom. The molecule has 0 saturated heterocycles. The van der Waals surface area contributed by atoms with Gasteiger partial charge < -0.3 is 10.1 Å². The van der Waals surface area contributed by atoms with Crippen LogP contribution in [0.5, 0.6) is 5.75 Å². The maximum absolute atomic E-state index is 12.7. The summed E-state index contributed by atoms with van der Waals surface area (Å²) in [6.07, 6.45) is 1.44. The Morgan fingerprint density at radius 3 is 2.25 bits per heavy atom. The zero-order valence-corrected chi connectivity index (χ0v) is 16.3. The van der Waals surface area contributed by atoms with Crippen LogP contribution in [0.25, 0.3) is 0 Å². The highest BCUT2D eigenvalue weighted by Gasteiger charge is 2.26. The highest BCUT2D eigenvalue weighted by atomic mass is 32.2. The van der Waals surface area contributed by atoms with Crippen LogP contribution in [0.2, 0.25) is 0 Å². The Morgan fingerprint density at radius 1 is 1.21 bits per heavy atom. The van der Waals surface area contributed by atoms with Crippen molar-refractivity contribution in [1.29, 1.82) is 0 Å². The molecule has 1 N–H and O–H groups in total. The first-order valence-electron chi connectivity index (χ1n) is 8.27. The molecule has 1 rings (SSSR count). The minimum atomic E-state index is -3.43. The molecule has 0 aliphatic heterocycles. The average Bonchev–Trinajstić information content (AvgIpc) is 2.46. The van der Waals surface area contributed by atoms with E-state index in [0.29, 0.717) is 30.7 Å². The third kappa shape index (κ3) is 5.23. The summed E-state index contributed by atoms with van der Waals surface area (Å²) in [5.74, 6) is 0.277. The fourth-order valence-corrected chi connectivity index (χ4v) is 4.36. The van der Waals surface area contributed by atoms with E-state index in [0.717, 1.165) is 0 Å². The van der Waals surface area contributed by atoms with Gasteiger partial charge in [0.25, 0.3) is 0 Å². The first-order chi connectivity index (χ1) is 11.0. The summed E-state index contributed by atoms with van der Waals surface area (Å²) in [4.78, 5) is 12.4. The van der Waals surface area contributed by atoms with Crippen molar-refractivity contribution in [2.24, 2.45) is 5.41 Å². The summed E-state index contributed by atoms with van der Waals surface area (Å²) in [5.41, 5.74) is 0.232. The van der Waals surface area contributed by atoms with Crippen LogP contribution in [0.1, 0.15) is 53.9 Å². The molecule has 0 aromatic heterocycles. The molecule has 0 aliphatic rings. The van der Waals surface area contributed by atoms with Gasteiger partial charge in [0.15, 0.2) is 9.84 Å². The number of hydrogen-bond acceptors (Lipinski definition) is 4. The van der Waals surface area contributed by atoms with Crippen molar-refractivity contribution in [3.8, 4) is 5.75 Å². The second-order valence-electron chi connectivity index (χ2n) is 7.13. The lowest BCUT2D eigenvalue weighted by Gasteiger charge is -2.19. The highest BCUT2D eigenvalue weighted by Crippen LogP contribution is 2.31. The third-order valence-corrected chi connectivity index (χ3v) is 6.27. The molecular weight excluding hydrogens is 326 g/mol. The smallest absolute Gasteiger partial charge is 0.224 e. The summed E-state index contributed by atoms with van der Waals surface area (Å²) in [6, 6.07) is 4.61. The number of rotatable bonds is 7. The van der Waals surface area contributed by atoms with E-state index < -0.39 is 15.1 Å². The number of methoxy groups -OCH3 is 1. The van der Waals surface area contributed by atoms with Crippen molar-refractivity contribution < 1.29 is 17.9 Å². The number of benzene rings is 1. The van der Waals surface area contributed by atoms with Gasteiger partial charge >= 0.3 is 0 Å². The number of hydrogen-bond donors (Lipinski definition) is 1. The number of ether oxygens (including phenoxy) is 1. The fraction of sp³-hybridized carbons (Fsp3) is 0.611. The molecule has 0 unspecified atom stereocenters. The molecule has 0 radical (unpaired) electrons. The van der Waals surface area contributed by atoms with Crippen LogP contribution in [0.4, 0.5) is 5.69 Å². The Kier molecular flexibility index (Phi) is 6.84. The molecule has 0 fully saturated rings. The van der Waals surface area contributed by atoms with E-state index in [2.05, 4.69) is 5.32 Å². The van der Waals surface area contributed by atoms with E-state index >= 15 is 0 Å². The third-order valence-electron chi connectivity index (χ3n) is 3.81. The molecule has 1 amide bonds. The van der Waals surface area contributed by atoms with E-state index in [1.807, 2.05) is 34.6 Å². The molecule has 136 valence electrons. The molecule has 6 heteroatoms. The van der Waals surface area contributed by atoms with Crippen molar-refractivity contribution >= 4 is 21.4 Å². The predicted molar refractivity (Wildman–Crippen MR) is 97.3 cm³/mol. The molecule has 0 heterocycles. The first-order valence-corrected chi connectivity index (χ1v) is 9.81. The van der Waals surface area contributed by atoms with Crippen LogP contribution in [-0.4, -0.2) is 26.7 Å². The number of anilines is 1. The Hall–Kier alpha value is -1.56. The van der Waals surface area contributed by atoms with Crippen LogP contribution in [0.3, 0.4) is 0 Å². The lowest BCUT2D eigenvalue weighted by atomic mass is 9.92. The van der Waals surface area contributed by atoms with E-state index in [1.165, 1.54) is 19.2 Å². The number of sulfone groups is 1. The monoisotopic (exact) mass is 355 g/mol. The van der Waals surface area contributed by atoms with Crippen molar-refractivity contribution in [3.63, 3.8) is 0 Å².